The first-order chi connectivity index (χ1) is 7.90. The highest BCUT2D eigenvalue weighted by molar-refractivity contribution is 5.76. The number of ether oxygens (including phenoxy) is 2. The van der Waals surface area contributed by atoms with E-state index in [1.54, 1.807) is 0 Å². The van der Waals surface area contributed by atoms with E-state index in [2.05, 4.69) is 20.1 Å². The number of hydrogen-bond donors (Lipinski definition) is 2. The SMILES string of the molecule is CC(C)(C)OC=O.COC(=O)C1CNCCN1. The maximum Gasteiger partial charge on any atom is 0.324 e. The average Bonchev–Trinajstić information content (AvgIpc) is 2.28. The predicted molar refractivity (Wildman–Crippen MR) is 63.6 cm³/mol. The quantitative estimate of drug-likeness (QED) is 0.513. The summed E-state index contributed by atoms with van der Waals surface area (Å²) in [7, 11) is 1.40. The number of nitrogens with one attached hydrogen (secondary N) is 2. The Morgan fingerprint density at radius 1 is 1.35 bits per heavy atom. The first kappa shape index (κ1) is 15.9. The third-order valence-corrected chi connectivity index (χ3v) is 1.93. The van der Waals surface area contributed by atoms with Gasteiger partial charge in [-0.1, -0.05) is 0 Å². The van der Waals surface area contributed by atoms with Crippen LogP contribution in [0.5, 0.6) is 0 Å². The lowest BCUT2D eigenvalue weighted by atomic mass is 10.2. The van der Waals surface area contributed by atoms with Crippen LogP contribution >= 0.6 is 0 Å². The fraction of sp³-hybridized carbons (Fsp3) is 0.818. The monoisotopic (exact) mass is 246 g/mol. The summed E-state index contributed by atoms with van der Waals surface area (Å²) in [5.41, 5.74) is -0.318. The molecule has 1 aliphatic rings. The van der Waals surface area contributed by atoms with Gasteiger partial charge in [0.15, 0.2) is 0 Å². The molecule has 0 aromatic carbocycles. The number of rotatable bonds is 2. The van der Waals surface area contributed by atoms with Gasteiger partial charge in [-0.3, -0.25) is 9.59 Å². The van der Waals surface area contributed by atoms with Gasteiger partial charge in [0.1, 0.15) is 11.6 Å². The second-order valence-electron chi connectivity index (χ2n) is 4.56. The van der Waals surface area contributed by atoms with Crippen molar-refractivity contribution in [1.82, 2.24) is 10.6 Å². The molecular formula is C11H22N2O4. The van der Waals surface area contributed by atoms with Gasteiger partial charge in [0.05, 0.1) is 7.11 Å². The van der Waals surface area contributed by atoms with Gasteiger partial charge in [-0.15, -0.1) is 0 Å². The fourth-order valence-electron chi connectivity index (χ4n) is 1.11. The summed E-state index contributed by atoms with van der Waals surface area (Å²) in [5, 5.41) is 6.12. The van der Waals surface area contributed by atoms with Gasteiger partial charge in [0.25, 0.3) is 6.47 Å². The molecular weight excluding hydrogens is 224 g/mol. The number of esters is 1. The minimum atomic E-state index is -0.318. The molecule has 1 fully saturated rings. The zero-order valence-corrected chi connectivity index (χ0v) is 10.9. The Hall–Kier alpha value is -1.14. The molecule has 0 bridgehead atoms. The molecule has 1 atom stereocenters. The Morgan fingerprint density at radius 2 is 2.00 bits per heavy atom. The highest BCUT2D eigenvalue weighted by Gasteiger charge is 2.19. The van der Waals surface area contributed by atoms with Crippen molar-refractivity contribution in [2.45, 2.75) is 32.4 Å². The third-order valence-electron chi connectivity index (χ3n) is 1.93. The lowest BCUT2D eigenvalue weighted by Crippen LogP contribution is -2.52. The molecule has 6 nitrogen and oxygen atoms in total. The zero-order valence-electron chi connectivity index (χ0n) is 10.9. The average molecular weight is 246 g/mol. The van der Waals surface area contributed by atoms with E-state index in [1.165, 1.54) is 7.11 Å². The van der Waals surface area contributed by atoms with Crippen molar-refractivity contribution < 1.29 is 19.1 Å². The van der Waals surface area contributed by atoms with E-state index in [4.69, 9.17) is 0 Å². The van der Waals surface area contributed by atoms with Crippen molar-refractivity contribution in [1.29, 1.82) is 0 Å². The summed E-state index contributed by atoms with van der Waals surface area (Å²) >= 11 is 0. The van der Waals surface area contributed by atoms with E-state index in [9.17, 15) is 9.59 Å². The van der Waals surface area contributed by atoms with Crippen LogP contribution in [0.2, 0.25) is 0 Å². The number of piperazine rings is 1. The van der Waals surface area contributed by atoms with Crippen molar-refractivity contribution in [3.05, 3.63) is 0 Å². The molecule has 2 N–H and O–H groups in total. The Balaban J connectivity index is 0.000000325. The summed E-state index contributed by atoms with van der Waals surface area (Å²) < 4.78 is 9.10. The topological polar surface area (TPSA) is 76.7 Å². The van der Waals surface area contributed by atoms with Crippen molar-refractivity contribution in [3.63, 3.8) is 0 Å². The van der Waals surface area contributed by atoms with Crippen molar-refractivity contribution in [2.24, 2.45) is 0 Å². The molecule has 1 unspecified atom stereocenters. The van der Waals surface area contributed by atoms with Crippen LogP contribution in [0, 0.1) is 0 Å². The molecule has 17 heavy (non-hydrogen) atoms. The van der Waals surface area contributed by atoms with Crippen LogP contribution in [0.3, 0.4) is 0 Å². The Morgan fingerprint density at radius 3 is 2.29 bits per heavy atom. The van der Waals surface area contributed by atoms with Crippen molar-refractivity contribution in [3.8, 4) is 0 Å². The standard InChI is InChI=1S/C6H12N2O2.C5H10O2/c1-10-6(9)5-4-7-2-3-8-5;1-5(2,3)7-4-6/h5,7-8H,2-4H2,1H3;4H,1-3H3. The van der Waals surface area contributed by atoms with Gasteiger partial charge in [-0.05, 0) is 20.8 Å². The molecule has 0 amide bonds. The molecule has 0 aromatic heterocycles. The molecule has 0 aliphatic carbocycles. The minimum absolute atomic E-state index is 0.154. The van der Waals surface area contributed by atoms with E-state index in [0.29, 0.717) is 13.0 Å². The van der Waals surface area contributed by atoms with E-state index < -0.39 is 0 Å². The molecule has 0 aromatic rings. The fourth-order valence-corrected chi connectivity index (χ4v) is 1.11. The Kier molecular flexibility index (Phi) is 7.49. The summed E-state index contributed by atoms with van der Waals surface area (Å²) in [5.74, 6) is -0.188. The molecule has 1 rings (SSSR count). The summed E-state index contributed by atoms with van der Waals surface area (Å²) in [6, 6.07) is -0.154. The van der Waals surface area contributed by atoms with Crippen LogP contribution in [0.25, 0.3) is 0 Å². The second-order valence-corrected chi connectivity index (χ2v) is 4.56. The predicted octanol–water partition coefficient (Wildman–Crippen LogP) is -0.321. The molecule has 1 saturated heterocycles. The lowest BCUT2D eigenvalue weighted by Gasteiger charge is -2.21. The molecule has 6 heteroatoms. The molecule has 0 radical (unpaired) electrons. The maximum absolute atomic E-state index is 10.8. The first-order valence-electron chi connectivity index (χ1n) is 5.54. The Bertz CT molecular complexity index is 232. The van der Waals surface area contributed by atoms with Crippen molar-refractivity contribution in [2.75, 3.05) is 26.7 Å². The van der Waals surface area contributed by atoms with Crippen molar-refractivity contribution >= 4 is 12.4 Å². The summed E-state index contributed by atoms with van der Waals surface area (Å²) in [4.78, 5) is 20.4. The van der Waals surface area contributed by atoms with Gasteiger partial charge in [-0.25, -0.2) is 0 Å². The largest absolute Gasteiger partial charge is 0.468 e. The van der Waals surface area contributed by atoms with Crippen LogP contribution in [-0.2, 0) is 19.1 Å². The molecule has 0 saturated carbocycles. The van der Waals surface area contributed by atoms with Gasteiger partial charge in [0.2, 0.25) is 0 Å². The van der Waals surface area contributed by atoms with Gasteiger partial charge in [0, 0.05) is 19.6 Å². The number of carbonyl (C=O) groups is 2. The smallest absolute Gasteiger partial charge is 0.324 e. The maximum atomic E-state index is 10.8. The minimum Gasteiger partial charge on any atom is -0.468 e. The molecule has 0 spiro atoms. The zero-order chi connectivity index (χ0) is 13.3. The highest BCUT2D eigenvalue weighted by Crippen LogP contribution is 2.02. The van der Waals surface area contributed by atoms with Gasteiger partial charge in [-0.2, -0.15) is 0 Å². The third kappa shape index (κ3) is 8.65. The van der Waals surface area contributed by atoms with Crippen LogP contribution in [-0.4, -0.2) is 50.8 Å². The second kappa shape index (κ2) is 8.03. The number of carbonyl (C=O) groups excluding carboxylic acids is 2. The van der Waals surface area contributed by atoms with Crippen LogP contribution in [0.15, 0.2) is 0 Å². The van der Waals surface area contributed by atoms with Crippen LogP contribution < -0.4 is 10.6 Å². The first-order valence-corrected chi connectivity index (χ1v) is 5.54. The number of hydrogen-bond acceptors (Lipinski definition) is 6. The van der Waals surface area contributed by atoms with Gasteiger partial charge >= 0.3 is 5.97 Å². The van der Waals surface area contributed by atoms with E-state index in [1.807, 2.05) is 20.8 Å². The highest BCUT2D eigenvalue weighted by atomic mass is 16.5. The number of methoxy groups -OCH3 is 1. The van der Waals surface area contributed by atoms with Crippen LogP contribution in [0.4, 0.5) is 0 Å². The molecule has 1 aliphatic heterocycles. The molecule has 1 heterocycles. The molecule has 100 valence electrons. The Labute approximate surface area is 102 Å². The normalized spacial score (nSPS) is 19.6. The lowest BCUT2D eigenvalue weighted by molar-refractivity contribution is -0.143. The summed E-state index contributed by atoms with van der Waals surface area (Å²) in [6.45, 7) is 8.35. The van der Waals surface area contributed by atoms with E-state index in [0.717, 1.165) is 13.1 Å². The van der Waals surface area contributed by atoms with E-state index in [-0.39, 0.29) is 17.6 Å². The van der Waals surface area contributed by atoms with E-state index >= 15 is 0 Å². The van der Waals surface area contributed by atoms with Gasteiger partial charge < -0.3 is 20.1 Å². The summed E-state index contributed by atoms with van der Waals surface area (Å²) in [6.07, 6.45) is 0. The van der Waals surface area contributed by atoms with Crippen LogP contribution in [0.1, 0.15) is 20.8 Å².